The first-order valence-corrected chi connectivity index (χ1v) is 15.7. The molecule has 0 saturated heterocycles. The summed E-state index contributed by atoms with van der Waals surface area (Å²) in [5.41, 5.74) is 8.03. The molecule has 0 N–H and O–H groups in total. The van der Waals surface area contributed by atoms with E-state index in [9.17, 15) is 19.2 Å². The smallest absolute Gasteiger partial charge is 0.412 e. The molecule has 2 aliphatic rings. The van der Waals surface area contributed by atoms with Crippen molar-refractivity contribution in [3.8, 4) is 22.5 Å². The van der Waals surface area contributed by atoms with Gasteiger partial charge < -0.3 is 23.5 Å². The molecule has 0 saturated carbocycles. The third-order valence-electron chi connectivity index (χ3n) is 8.57. The zero-order valence-electron chi connectivity index (χ0n) is 26.7. The van der Waals surface area contributed by atoms with E-state index in [1.807, 2.05) is 60.7 Å². The second kappa shape index (κ2) is 13.2. The number of carbonyl (C=O) groups excluding carboxylic acids is 3. The van der Waals surface area contributed by atoms with Gasteiger partial charge in [-0.05, 0) is 41.7 Å². The van der Waals surface area contributed by atoms with Gasteiger partial charge in [0.15, 0.2) is 0 Å². The molecule has 0 spiro atoms. The van der Waals surface area contributed by atoms with E-state index in [1.54, 1.807) is 36.6 Å². The van der Waals surface area contributed by atoms with Gasteiger partial charge in [0.25, 0.3) is 12.0 Å². The van der Waals surface area contributed by atoms with Gasteiger partial charge in [0.2, 0.25) is 6.10 Å². The standard InChI is InChI=1S/C37H29BN3O8/c1-3-33(43)46-19-30-24(16-32-34-23(17-41(32)36(30)44)14-22-15-25(38-48-20-42)12-13-31(22)39-34)18-47-37(45)21(2)49-40-35-28-10-6-4-8-26(28)27-9-5-7-11-29(27)35/h4-16,20-21H,3,17-19H2,1-2H3. The van der Waals surface area contributed by atoms with E-state index in [-0.39, 0.29) is 37.3 Å². The minimum Gasteiger partial charge on any atom is -0.535 e. The zero-order valence-corrected chi connectivity index (χ0v) is 26.7. The molecule has 1 atom stereocenters. The van der Waals surface area contributed by atoms with Gasteiger partial charge in [-0.1, -0.05) is 72.7 Å². The lowest BCUT2D eigenvalue weighted by Crippen LogP contribution is -2.27. The fourth-order valence-electron chi connectivity index (χ4n) is 6.10. The number of benzene rings is 3. The molecule has 7 rings (SSSR count). The summed E-state index contributed by atoms with van der Waals surface area (Å²) in [6.45, 7) is 3.25. The van der Waals surface area contributed by atoms with Crippen LogP contribution in [0.5, 0.6) is 0 Å². The molecule has 0 fully saturated rings. The third kappa shape index (κ3) is 5.97. The van der Waals surface area contributed by atoms with Crippen molar-refractivity contribution in [1.82, 2.24) is 9.55 Å². The summed E-state index contributed by atoms with van der Waals surface area (Å²) in [4.78, 5) is 60.2. The molecule has 243 valence electrons. The Morgan fingerprint density at radius 3 is 2.37 bits per heavy atom. The normalized spacial score (nSPS) is 12.7. The number of nitrogens with zero attached hydrogens (tertiary/aromatic N) is 3. The Morgan fingerprint density at radius 1 is 0.959 bits per heavy atom. The molecule has 11 nitrogen and oxygen atoms in total. The lowest BCUT2D eigenvalue weighted by atomic mass is 9.87. The number of rotatable bonds is 11. The van der Waals surface area contributed by atoms with Crippen LogP contribution in [0.1, 0.15) is 48.1 Å². The van der Waals surface area contributed by atoms with Crippen molar-refractivity contribution in [2.75, 3.05) is 0 Å². The van der Waals surface area contributed by atoms with E-state index in [0.29, 0.717) is 40.1 Å². The number of hydrogen-bond acceptors (Lipinski definition) is 10. The van der Waals surface area contributed by atoms with Crippen molar-refractivity contribution in [2.45, 2.75) is 46.1 Å². The van der Waals surface area contributed by atoms with Gasteiger partial charge in [0.1, 0.15) is 18.9 Å². The number of ether oxygens (including phenoxy) is 2. The predicted molar refractivity (Wildman–Crippen MR) is 181 cm³/mol. The Balaban J connectivity index is 1.14. The SMILES string of the molecule is CCC(=O)OCc1c(COC(=O)C(C)ON=C2c3ccccc3-c3ccccc32)cc2n(c1=O)Cc1cc3cc([B]OC=O)ccc3nc1-2. The molecular formula is C37H29BN3O8. The molecule has 12 heteroatoms. The van der Waals surface area contributed by atoms with Gasteiger partial charge in [0.05, 0.1) is 29.0 Å². The number of fused-ring (bicyclic) bond motifs is 7. The molecule has 3 heterocycles. The average Bonchev–Trinajstić information content (AvgIpc) is 3.65. The zero-order chi connectivity index (χ0) is 34.1. The van der Waals surface area contributed by atoms with Crippen LogP contribution in [0.2, 0.25) is 0 Å². The number of aromatic nitrogens is 2. The van der Waals surface area contributed by atoms with Gasteiger partial charge in [-0.15, -0.1) is 0 Å². The maximum Gasteiger partial charge on any atom is 0.412 e. The molecular weight excluding hydrogens is 625 g/mol. The number of esters is 2. The van der Waals surface area contributed by atoms with Crippen molar-refractivity contribution in [1.29, 1.82) is 0 Å². The number of carbonyl (C=O) groups is 3. The number of pyridine rings is 2. The van der Waals surface area contributed by atoms with E-state index < -0.39 is 18.0 Å². The van der Waals surface area contributed by atoms with Crippen molar-refractivity contribution >= 4 is 48.0 Å². The molecule has 1 radical (unpaired) electrons. The van der Waals surface area contributed by atoms with Crippen LogP contribution in [-0.4, -0.2) is 47.3 Å². The molecule has 1 aliphatic carbocycles. The van der Waals surface area contributed by atoms with Crippen molar-refractivity contribution in [3.63, 3.8) is 0 Å². The molecule has 3 aromatic carbocycles. The van der Waals surface area contributed by atoms with Crippen LogP contribution in [0.4, 0.5) is 0 Å². The molecule has 2 aromatic heterocycles. The quantitative estimate of drug-likeness (QED) is 0.0872. The highest BCUT2D eigenvalue weighted by molar-refractivity contribution is 6.48. The van der Waals surface area contributed by atoms with Gasteiger partial charge in [-0.3, -0.25) is 14.4 Å². The van der Waals surface area contributed by atoms with Crippen LogP contribution in [0, 0.1) is 0 Å². The predicted octanol–water partition coefficient (Wildman–Crippen LogP) is 4.18. The Morgan fingerprint density at radius 2 is 1.67 bits per heavy atom. The second-order valence-corrected chi connectivity index (χ2v) is 11.6. The van der Waals surface area contributed by atoms with Gasteiger partial charge >= 0.3 is 19.4 Å². The van der Waals surface area contributed by atoms with Crippen LogP contribution in [0.25, 0.3) is 33.4 Å². The Kier molecular flexibility index (Phi) is 8.52. The van der Waals surface area contributed by atoms with E-state index in [4.69, 9.17) is 23.9 Å². The first kappa shape index (κ1) is 31.6. The summed E-state index contributed by atoms with van der Waals surface area (Å²) >= 11 is 0. The maximum absolute atomic E-state index is 13.9. The highest BCUT2D eigenvalue weighted by Crippen LogP contribution is 2.37. The van der Waals surface area contributed by atoms with Crippen LogP contribution in [0.3, 0.4) is 0 Å². The maximum atomic E-state index is 13.9. The summed E-state index contributed by atoms with van der Waals surface area (Å²) < 4.78 is 17.3. The minimum absolute atomic E-state index is 0.141. The van der Waals surface area contributed by atoms with Crippen molar-refractivity contribution < 1.29 is 33.3 Å². The fraction of sp³-hybridized carbons (Fsp3) is 0.189. The van der Waals surface area contributed by atoms with Crippen LogP contribution >= 0.6 is 0 Å². The average molecular weight is 654 g/mol. The molecule has 49 heavy (non-hydrogen) atoms. The molecule has 0 bridgehead atoms. The Labute approximate surface area is 281 Å². The lowest BCUT2D eigenvalue weighted by Gasteiger charge is -2.15. The number of hydrogen-bond donors (Lipinski definition) is 0. The fourth-order valence-corrected chi connectivity index (χ4v) is 6.10. The summed E-state index contributed by atoms with van der Waals surface area (Å²) in [6.07, 6.45) is -0.917. The highest BCUT2D eigenvalue weighted by atomic mass is 16.7. The van der Waals surface area contributed by atoms with Gasteiger partial charge in [-0.2, -0.15) is 0 Å². The van der Waals surface area contributed by atoms with E-state index in [0.717, 1.165) is 33.2 Å². The van der Waals surface area contributed by atoms with Gasteiger partial charge in [-0.25, -0.2) is 9.78 Å². The first-order valence-electron chi connectivity index (χ1n) is 15.7. The van der Waals surface area contributed by atoms with E-state index >= 15 is 0 Å². The largest absolute Gasteiger partial charge is 0.535 e. The summed E-state index contributed by atoms with van der Waals surface area (Å²) in [7, 11) is 1.34. The third-order valence-corrected chi connectivity index (χ3v) is 8.57. The van der Waals surface area contributed by atoms with Crippen LogP contribution in [0.15, 0.2) is 88.8 Å². The summed E-state index contributed by atoms with van der Waals surface area (Å²) in [6, 6.07) is 24.8. The van der Waals surface area contributed by atoms with E-state index in [1.165, 1.54) is 7.48 Å². The summed E-state index contributed by atoms with van der Waals surface area (Å²) in [5.74, 6) is -1.15. The molecule has 1 unspecified atom stereocenters. The van der Waals surface area contributed by atoms with E-state index in [2.05, 4.69) is 5.16 Å². The van der Waals surface area contributed by atoms with Crippen molar-refractivity contribution in [3.05, 3.63) is 117 Å². The summed E-state index contributed by atoms with van der Waals surface area (Å²) in [5, 5.41) is 5.16. The topological polar surface area (TPSA) is 135 Å². The highest BCUT2D eigenvalue weighted by Gasteiger charge is 2.28. The van der Waals surface area contributed by atoms with Crippen LogP contribution in [-0.2, 0) is 53.1 Å². The monoisotopic (exact) mass is 654 g/mol. The Bertz CT molecular complexity index is 2200. The second-order valence-electron chi connectivity index (χ2n) is 11.6. The van der Waals surface area contributed by atoms with Gasteiger partial charge in [0, 0.05) is 34.1 Å². The molecule has 1 aliphatic heterocycles. The Hall–Kier alpha value is -6.04. The first-order chi connectivity index (χ1) is 23.9. The van der Waals surface area contributed by atoms with Crippen LogP contribution < -0.4 is 11.0 Å². The molecule has 0 amide bonds. The number of oxime groups is 1. The molecule has 5 aromatic rings. The minimum atomic E-state index is -1.06. The van der Waals surface area contributed by atoms with Crippen molar-refractivity contribution in [2.24, 2.45) is 5.16 Å². The lowest BCUT2D eigenvalue weighted by molar-refractivity contribution is -0.157.